The summed E-state index contributed by atoms with van der Waals surface area (Å²) in [6.07, 6.45) is 1.37. The second-order valence-corrected chi connectivity index (χ2v) is 8.02. The first kappa shape index (κ1) is 18.8. The molecule has 0 fully saturated rings. The number of carbonyl (C=O) groups is 1. The van der Waals surface area contributed by atoms with Gasteiger partial charge < -0.3 is 0 Å². The van der Waals surface area contributed by atoms with Crippen LogP contribution in [0.1, 0.15) is 33.0 Å². The van der Waals surface area contributed by atoms with Crippen molar-refractivity contribution in [2.45, 2.75) is 32.6 Å². The van der Waals surface area contributed by atoms with E-state index >= 15 is 0 Å². The molecule has 0 aliphatic heterocycles. The molecule has 1 aromatic carbocycles. The van der Waals surface area contributed by atoms with Crippen molar-refractivity contribution < 1.29 is 13.2 Å². The maximum absolute atomic E-state index is 12.7. The smallest absolute Gasteiger partial charge is 0.268 e. The third-order valence-electron chi connectivity index (χ3n) is 4.54. The molecule has 1 N–H and O–H groups in total. The van der Waals surface area contributed by atoms with Gasteiger partial charge in [0.2, 0.25) is 0 Å². The molecular weight excluding hydrogens is 366 g/mol. The van der Waals surface area contributed by atoms with E-state index in [1.54, 1.807) is 32.5 Å². The standard InChI is InChI=1S/C18H21N5O3S/c1-11-8-6-7-9-16(11)23-13(3)15(10-19-23)18(24)21-27(25,26)17-12(2)20-22(5)14(17)4/h6-10H,1-5H3,(H,21,24). The molecule has 0 spiro atoms. The molecule has 27 heavy (non-hydrogen) atoms. The van der Waals surface area contributed by atoms with E-state index in [9.17, 15) is 13.2 Å². The quantitative estimate of drug-likeness (QED) is 0.738. The Morgan fingerprint density at radius 1 is 1.07 bits per heavy atom. The molecule has 0 aliphatic rings. The van der Waals surface area contributed by atoms with Crippen LogP contribution in [0.4, 0.5) is 0 Å². The van der Waals surface area contributed by atoms with Gasteiger partial charge >= 0.3 is 0 Å². The molecule has 0 saturated heterocycles. The van der Waals surface area contributed by atoms with E-state index in [4.69, 9.17) is 0 Å². The topological polar surface area (TPSA) is 98.9 Å². The van der Waals surface area contributed by atoms with Crippen LogP contribution in [0.3, 0.4) is 0 Å². The molecule has 2 aromatic heterocycles. The van der Waals surface area contributed by atoms with Crippen molar-refractivity contribution in [1.82, 2.24) is 24.3 Å². The van der Waals surface area contributed by atoms with Gasteiger partial charge in [0, 0.05) is 7.05 Å². The molecule has 0 unspecified atom stereocenters. The Hall–Kier alpha value is -2.94. The van der Waals surface area contributed by atoms with Crippen molar-refractivity contribution in [3.05, 3.63) is 58.7 Å². The van der Waals surface area contributed by atoms with Crippen molar-refractivity contribution in [3.8, 4) is 5.69 Å². The summed E-state index contributed by atoms with van der Waals surface area (Å²) in [5, 5.41) is 8.35. The Morgan fingerprint density at radius 2 is 1.74 bits per heavy atom. The normalized spacial score (nSPS) is 11.6. The van der Waals surface area contributed by atoms with Crippen LogP contribution < -0.4 is 4.72 Å². The lowest BCUT2D eigenvalue weighted by atomic mass is 10.2. The fourth-order valence-corrected chi connectivity index (χ4v) is 4.45. The van der Waals surface area contributed by atoms with E-state index in [-0.39, 0.29) is 10.5 Å². The maximum atomic E-state index is 12.7. The average molecular weight is 387 g/mol. The molecule has 8 nitrogen and oxygen atoms in total. The number of rotatable bonds is 4. The number of benzene rings is 1. The van der Waals surface area contributed by atoms with Gasteiger partial charge in [-0.25, -0.2) is 17.8 Å². The first-order valence-corrected chi connectivity index (χ1v) is 9.79. The van der Waals surface area contributed by atoms with Crippen LogP contribution in [0.5, 0.6) is 0 Å². The molecule has 142 valence electrons. The third kappa shape index (κ3) is 3.25. The molecule has 2 heterocycles. The van der Waals surface area contributed by atoms with Crippen molar-refractivity contribution in [1.29, 1.82) is 0 Å². The molecule has 3 rings (SSSR count). The Balaban J connectivity index is 1.95. The minimum Gasteiger partial charge on any atom is -0.271 e. The van der Waals surface area contributed by atoms with Crippen LogP contribution in [-0.4, -0.2) is 33.9 Å². The lowest BCUT2D eigenvalue weighted by molar-refractivity contribution is 0.0981. The van der Waals surface area contributed by atoms with Gasteiger partial charge in [-0.3, -0.25) is 9.48 Å². The number of aryl methyl sites for hydroxylation is 3. The second-order valence-electron chi connectivity index (χ2n) is 6.40. The number of aromatic nitrogens is 4. The number of para-hydroxylation sites is 1. The number of carbonyl (C=O) groups excluding carboxylic acids is 1. The van der Waals surface area contributed by atoms with Crippen molar-refractivity contribution in [2.24, 2.45) is 7.05 Å². The molecule has 0 radical (unpaired) electrons. The zero-order valence-electron chi connectivity index (χ0n) is 15.8. The minimum absolute atomic E-state index is 0.0160. The summed E-state index contributed by atoms with van der Waals surface area (Å²) in [5.41, 5.74) is 3.36. The van der Waals surface area contributed by atoms with Gasteiger partial charge in [-0.15, -0.1) is 0 Å². The van der Waals surface area contributed by atoms with Gasteiger partial charge in [-0.05, 0) is 39.3 Å². The zero-order chi connectivity index (χ0) is 19.9. The molecule has 9 heteroatoms. The number of nitrogens with one attached hydrogen (secondary N) is 1. The highest BCUT2D eigenvalue weighted by molar-refractivity contribution is 7.90. The van der Waals surface area contributed by atoms with Crippen molar-refractivity contribution >= 4 is 15.9 Å². The van der Waals surface area contributed by atoms with E-state index in [2.05, 4.69) is 14.9 Å². The van der Waals surface area contributed by atoms with Gasteiger partial charge in [0.05, 0.1) is 34.5 Å². The molecular formula is C18H21N5O3S. The van der Waals surface area contributed by atoms with Gasteiger partial charge in [0.15, 0.2) is 0 Å². The van der Waals surface area contributed by atoms with Crippen LogP contribution >= 0.6 is 0 Å². The van der Waals surface area contributed by atoms with Crippen LogP contribution in [0, 0.1) is 27.7 Å². The fourth-order valence-electron chi connectivity index (χ4n) is 3.05. The van der Waals surface area contributed by atoms with Crippen LogP contribution in [0.2, 0.25) is 0 Å². The number of amides is 1. The minimum atomic E-state index is -4.05. The Morgan fingerprint density at radius 3 is 2.33 bits per heavy atom. The van der Waals surface area contributed by atoms with Gasteiger partial charge in [0.1, 0.15) is 4.90 Å². The molecule has 0 saturated carbocycles. The van der Waals surface area contributed by atoms with Gasteiger partial charge in [-0.2, -0.15) is 10.2 Å². The summed E-state index contributed by atoms with van der Waals surface area (Å²) in [6, 6.07) is 7.61. The van der Waals surface area contributed by atoms with E-state index < -0.39 is 15.9 Å². The van der Waals surface area contributed by atoms with Crippen molar-refractivity contribution in [2.75, 3.05) is 0 Å². The van der Waals surface area contributed by atoms with Crippen LogP contribution in [-0.2, 0) is 17.1 Å². The first-order valence-electron chi connectivity index (χ1n) is 8.31. The average Bonchev–Trinajstić information content (AvgIpc) is 3.07. The predicted molar refractivity (Wildman–Crippen MR) is 100 cm³/mol. The molecule has 3 aromatic rings. The summed E-state index contributed by atoms with van der Waals surface area (Å²) in [4.78, 5) is 12.7. The third-order valence-corrected chi connectivity index (χ3v) is 6.12. The Kier molecular flexibility index (Phi) is 4.64. The Labute approximate surface area is 157 Å². The summed E-state index contributed by atoms with van der Waals surface area (Å²) in [5.74, 6) is -0.727. The van der Waals surface area contributed by atoms with Gasteiger partial charge in [0.25, 0.3) is 15.9 Å². The summed E-state index contributed by atoms with van der Waals surface area (Å²) < 4.78 is 30.6. The highest BCUT2D eigenvalue weighted by Crippen LogP contribution is 2.20. The summed E-state index contributed by atoms with van der Waals surface area (Å²) in [6.45, 7) is 6.89. The second kappa shape index (κ2) is 6.66. The monoisotopic (exact) mass is 387 g/mol. The molecule has 0 bridgehead atoms. The molecule has 0 aliphatic carbocycles. The summed E-state index contributed by atoms with van der Waals surface area (Å²) >= 11 is 0. The number of hydrogen-bond donors (Lipinski definition) is 1. The number of nitrogens with zero attached hydrogens (tertiary/aromatic N) is 4. The largest absolute Gasteiger partial charge is 0.271 e. The van der Waals surface area contributed by atoms with E-state index in [1.807, 2.05) is 31.2 Å². The highest BCUT2D eigenvalue weighted by Gasteiger charge is 2.27. The van der Waals surface area contributed by atoms with E-state index in [0.29, 0.717) is 17.1 Å². The molecule has 1 amide bonds. The first-order chi connectivity index (χ1) is 12.6. The van der Waals surface area contributed by atoms with Crippen molar-refractivity contribution in [3.63, 3.8) is 0 Å². The zero-order valence-corrected chi connectivity index (χ0v) is 16.6. The van der Waals surface area contributed by atoms with E-state index in [0.717, 1.165) is 11.3 Å². The fraction of sp³-hybridized carbons (Fsp3) is 0.278. The highest BCUT2D eigenvalue weighted by atomic mass is 32.2. The summed E-state index contributed by atoms with van der Waals surface area (Å²) in [7, 11) is -2.40. The lowest BCUT2D eigenvalue weighted by Gasteiger charge is -2.09. The molecule has 0 atom stereocenters. The van der Waals surface area contributed by atoms with Gasteiger partial charge in [-0.1, -0.05) is 18.2 Å². The van der Waals surface area contributed by atoms with Crippen LogP contribution in [0.25, 0.3) is 5.69 Å². The van der Waals surface area contributed by atoms with E-state index in [1.165, 1.54) is 10.9 Å². The predicted octanol–water partition coefficient (Wildman–Crippen LogP) is 1.96. The Bertz CT molecular complexity index is 1140. The van der Waals surface area contributed by atoms with Crippen LogP contribution in [0.15, 0.2) is 35.4 Å². The number of sulfonamides is 1. The SMILES string of the molecule is Cc1ccccc1-n1ncc(C(=O)NS(=O)(=O)c2c(C)nn(C)c2C)c1C. The maximum Gasteiger partial charge on any atom is 0.268 e. The lowest BCUT2D eigenvalue weighted by Crippen LogP contribution is -2.31. The number of hydrogen-bond acceptors (Lipinski definition) is 5.